The zero-order valence-corrected chi connectivity index (χ0v) is 12.2. The van der Waals surface area contributed by atoms with Crippen LogP contribution in [0.2, 0.25) is 0 Å². The molecule has 3 rings (SSSR count). The molecule has 0 spiro atoms. The monoisotopic (exact) mass is 290 g/mol. The normalized spacial score (nSPS) is 49.5. The molecule has 5 atom stereocenters. The van der Waals surface area contributed by atoms with Crippen LogP contribution in [-0.2, 0) is 23.7 Å². The molecule has 7 nitrogen and oxygen atoms in total. The molecule has 20 heavy (non-hydrogen) atoms. The standard InChI is InChI=1S/C13H22O7/c1-11(2)16-5-7(17-11)13(6-14)9(15)8-10(20-13)19-12(3,4)18-8/h7-10,14-15H,5-6H2,1-4H3/t7?,8?,9?,10?,13-/m0/s1. The number of aliphatic hydroxyl groups is 2. The van der Waals surface area contributed by atoms with Gasteiger partial charge in [-0.05, 0) is 27.7 Å². The Bertz CT molecular complexity index is 396. The maximum atomic E-state index is 10.5. The molecule has 0 aromatic heterocycles. The Labute approximate surface area is 117 Å². The van der Waals surface area contributed by atoms with Gasteiger partial charge in [-0.25, -0.2) is 0 Å². The molecular weight excluding hydrogens is 268 g/mol. The van der Waals surface area contributed by atoms with Crippen molar-refractivity contribution in [2.75, 3.05) is 13.2 Å². The van der Waals surface area contributed by atoms with Crippen molar-refractivity contribution < 1.29 is 33.9 Å². The Hall–Kier alpha value is -0.280. The van der Waals surface area contributed by atoms with E-state index in [1.807, 2.05) is 0 Å². The summed E-state index contributed by atoms with van der Waals surface area (Å²) in [4.78, 5) is 0. The van der Waals surface area contributed by atoms with E-state index < -0.39 is 48.4 Å². The van der Waals surface area contributed by atoms with E-state index in [1.54, 1.807) is 27.7 Å². The third-order valence-electron chi connectivity index (χ3n) is 4.04. The largest absolute Gasteiger partial charge is 0.393 e. The first kappa shape index (κ1) is 14.6. The lowest BCUT2D eigenvalue weighted by Gasteiger charge is -2.36. The molecule has 0 saturated carbocycles. The molecule has 2 N–H and O–H groups in total. The number of ether oxygens (including phenoxy) is 5. The van der Waals surface area contributed by atoms with Crippen molar-refractivity contribution in [1.82, 2.24) is 0 Å². The van der Waals surface area contributed by atoms with Crippen molar-refractivity contribution in [1.29, 1.82) is 0 Å². The van der Waals surface area contributed by atoms with Crippen LogP contribution >= 0.6 is 0 Å². The van der Waals surface area contributed by atoms with E-state index >= 15 is 0 Å². The van der Waals surface area contributed by atoms with Gasteiger partial charge < -0.3 is 33.9 Å². The first-order valence-corrected chi connectivity index (χ1v) is 6.83. The minimum Gasteiger partial charge on any atom is -0.393 e. The van der Waals surface area contributed by atoms with Crippen LogP contribution in [0.15, 0.2) is 0 Å². The Morgan fingerprint density at radius 1 is 1.00 bits per heavy atom. The first-order valence-electron chi connectivity index (χ1n) is 6.83. The van der Waals surface area contributed by atoms with E-state index in [9.17, 15) is 10.2 Å². The minimum absolute atomic E-state index is 0.230. The van der Waals surface area contributed by atoms with Crippen molar-refractivity contribution in [3.05, 3.63) is 0 Å². The lowest BCUT2D eigenvalue weighted by atomic mass is 9.90. The molecular formula is C13H22O7. The highest BCUT2D eigenvalue weighted by molar-refractivity contribution is 5.08. The molecule has 4 unspecified atom stereocenters. The zero-order valence-electron chi connectivity index (χ0n) is 12.2. The summed E-state index contributed by atoms with van der Waals surface area (Å²) in [6.07, 6.45) is -3.01. The maximum Gasteiger partial charge on any atom is 0.190 e. The highest BCUT2D eigenvalue weighted by Crippen LogP contribution is 2.46. The van der Waals surface area contributed by atoms with Gasteiger partial charge in [0.1, 0.15) is 18.3 Å². The summed E-state index contributed by atoms with van der Waals surface area (Å²) in [6.45, 7) is 6.87. The van der Waals surface area contributed by atoms with Gasteiger partial charge in [0.15, 0.2) is 23.5 Å². The van der Waals surface area contributed by atoms with Crippen LogP contribution in [0.3, 0.4) is 0 Å². The predicted octanol–water partition coefficient (Wildman–Crippen LogP) is -0.262. The Kier molecular flexibility index (Phi) is 3.19. The first-order chi connectivity index (χ1) is 9.19. The van der Waals surface area contributed by atoms with Gasteiger partial charge in [-0.1, -0.05) is 0 Å². The minimum atomic E-state index is -1.29. The zero-order chi connectivity index (χ0) is 14.8. The predicted molar refractivity (Wildman–Crippen MR) is 65.6 cm³/mol. The van der Waals surface area contributed by atoms with Crippen molar-refractivity contribution in [2.24, 2.45) is 0 Å². The summed E-state index contributed by atoms with van der Waals surface area (Å²) in [5.41, 5.74) is -1.29. The van der Waals surface area contributed by atoms with E-state index in [2.05, 4.69) is 0 Å². The summed E-state index contributed by atoms with van der Waals surface area (Å²) in [6, 6.07) is 0. The molecule has 3 saturated heterocycles. The summed E-state index contributed by atoms with van der Waals surface area (Å²) in [7, 11) is 0. The van der Waals surface area contributed by atoms with Crippen LogP contribution in [0.1, 0.15) is 27.7 Å². The molecule has 3 fully saturated rings. The molecule has 0 amide bonds. The van der Waals surface area contributed by atoms with Gasteiger partial charge in [-0.2, -0.15) is 0 Å². The average molecular weight is 290 g/mol. The van der Waals surface area contributed by atoms with E-state index in [4.69, 9.17) is 23.7 Å². The highest BCUT2D eigenvalue weighted by atomic mass is 16.9. The number of fused-ring (bicyclic) bond motifs is 1. The number of aliphatic hydroxyl groups excluding tert-OH is 2. The van der Waals surface area contributed by atoms with E-state index in [0.29, 0.717) is 0 Å². The fourth-order valence-corrected chi connectivity index (χ4v) is 3.05. The second-order valence-corrected chi connectivity index (χ2v) is 6.46. The average Bonchev–Trinajstić information content (AvgIpc) is 2.91. The summed E-state index contributed by atoms with van der Waals surface area (Å²) < 4.78 is 28.3. The molecule has 0 radical (unpaired) electrons. The summed E-state index contributed by atoms with van der Waals surface area (Å²) in [5, 5.41) is 20.3. The van der Waals surface area contributed by atoms with Crippen molar-refractivity contribution in [2.45, 2.75) is 69.5 Å². The van der Waals surface area contributed by atoms with Crippen LogP contribution < -0.4 is 0 Å². The molecule has 3 aliphatic heterocycles. The Balaban J connectivity index is 1.82. The van der Waals surface area contributed by atoms with Crippen molar-refractivity contribution in [3.63, 3.8) is 0 Å². The lowest BCUT2D eigenvalue weighted by Crippen LogP contribution is -2.57. The number of rotatable bonds is 2. The van der Waals surface area contributed by atoms with Crippen LogP contribution in [0.25, 0.3) is 0 Å². The van der Waals surface area contributed by atoms with Crippen molar-refractivity contribution in [3.8, 4) is 0 Å². The molecule has 0 aromatic rings. The third kappa shape index (κ3) is 2.09. The van der Waals surface area contributed by atoms with Gasteiger partial charge in [0.05, 0.1) is 13.2 Å². The summed E-state index contributed by atoms with van der Waals surface area (Å²) in [5.74, 6) is -1.58. The highest BCUT2D eigenvalue weighted by Gasteiger charge is 2.66. The molecule has 3 heterocycles. The second kappa shape index (κ2) is 4.36. The van der Waals surface area contributed by atoms with Crippen LogP contribution in [0.5, 0.6) is 0 Å². The van der Waals surface area contributed by atoms with Gasteiger partial charge in [-0.15, -0.1) is 0 Å². The van der Waals surface area contributed by atoms with Gasteiger partial charge in [-0.3, -0.25) is 0 Å². The fraction of sp³-hybridized carbons (Fsp3) is 1.00. The topological polar surface area (TPSA) is 86.6 Å². The van der Waals surface area contributed by atoms with Crippen LogP contribution in [-0.4, -0.2) is 65.2 Å². The third-order valence-corrected chi connectivity index (χ3v) is 4.04. The van der Waals surface area contributed by atoms with E-state index in [-0.39, 0.29) is 6.61 Å². The SMILES string of the molecule is CC1(C)OC2O[C@@](CO)(C3COC(C)(C)O3)C(O)C2O1. The molecule has 7 heteroatoms. The van der Waals surface area contributed by atoms with Crippen LogP contribution in [0, 0.1) is 0 Å². The van der Waals surface area contributed by atoms with Gasteiger partial charge >= 0.3 is 0 Å². The van der Waals surface area contributed by atoms with Gasteiger partial charge in [0.25, 0.3) is 0 Å². The Morgan fingerprint density at radius 3 is 2.20 bits per heavy atom. The smallest absolute Gasteiger partial charge is 0.190 e. The molecule has 3 aliphatic rings. The van der Waals surface area contributed by atoms with E-state index in [1.165, 1.54) is 0 Å². The fourth-order valence-electron chi connectivity index (χ4n) is 3.05. The summed E-state index contributed by atoms with van der Waals surface area (Å²) >= 11 is 0. The van der Waals surface area contributed by atoms with Gasteiger partial charge in [0.2, 0.25) is 0 Å². The molecule has 0 bridgehead atoms. The Morgan fingerprint density at radius 2 is 1.70 bits per heavy atom. The van der Waals surface area contributed by atoms with Gasteiger partial charge in [0, 0.05) is 0 Å². The maximum absolute atomic E-state index is 10.5. The van der Waals surface area contributed by atoms with Crippen molar-refractivity contribution >= 4 is 0 Å². The molecule has 0 aliphatic carbocycles. The molecule has 116 valence electrons. The number of hydrogen-bond acceptors (Lipinski definition) is 7. The number of hydrogen-bond donors (Lipinski definition) is 2. The molecule has 0 aromatic carbocycles. The quantitative estimate of drug-likeness (QED) is 0.724. The van der Waals surface area contributed by atoms with E-state index in [0.717, 1.165) is 0 Å². The lowest BCUT2D eigenvalue weighted by molar-refractivity contribution is -0.272. The second-order valence-electron chi connectivity index (χ2n) is 6.46. The van der Waals surface area contributed by atoms with Crippen LogP contribution in [0.4, 0.5) is 0 Å².